The van der Waals surface area contributed by atoms with Gasteiger partial charge in [0, 0.05) is 19.2 Å². The van der Waals surface area contributed by atoms with Crippen LogP contribution in [0, 0.1) is 0 Å². The number of amides is 1. The number of nitrogens with one attached hydrogen (secondary N) is 3. The Morgan fingerprint density at radius 3 is 2.89 bits per heavy atom. The molecule has 0 bridgehead atoms. The Morgan fingerprint density at radius 2 is 2.07 bits per heavy atom. The van der Waals surface area contributed by atoms with Gasteiger partial charge < -0.3 is 25.4 Å². The van der Waals surface area contributed by atoms with Crippen LogP contribution in [0.25, 0.3) is 5.65 Å². The molecule has 1 saturated carbocycles. The van der Waals surface area contributed by atoms with Crippen LogP contribution in [0.3, 0.4) is 0 Å². The molecule has 144 valence electrons. The second-order valence-corrected chi connectivity index (χ2v) is 6.77. The van der Waals surface area contributed by atoms with E-state index in [1.54, 1.807) is 17.8 Å². The molecule has 0 saturated heterocycles. The standard InChI is InChI=1S/C19H20N6O3/c1-20-13-9-16(23-12-3-2-4-15-17(12)28-8-7-27-15)24-25-14(10-21-18(13)25)19(26)22-11-5-6-11/h2-4,9-11,20H,5-8H2,1H3,(H,22,26)(H,23,24). The first kappa shape index (κ1) is 16.7. The summed E-state index contributed by atoms with van der Waals surface area (Å²) in [4.78, 5) is 16.9. The third-order valence-electron chi connectivity index (χ3n) is 4.71. The van der Waals surface area contributed by atoms with E-state index in [9.17, 15) is 4.79 Å². The summed E-state index contributed by atoms with van der Waals surface area (Å²) in [5.74, 6) is 1.73. The van der Waals surface area contributed by atoms with E-state index in [0.717, 1.165) is 24.2 Å². The molecule has 9 nitrogen and oxygen atoms in total. The molecule has 2 aliphatic rings. The van der Waals surface area contributed by atoms with Crippen LogP contribution in [0.15, 0.2) is 30.5 Å². The Morgan fingerprint density at radius 1 is 1.21 bits per heavy atom. The summed E-state index contributed by atoms with van der Waals surface area (Å²) >= 11 is 0. The van der Waals surface area contributed by atoms with Gasteiger partial charge in [0.1, 0.15) is 13.2 Å². The van der Waals surface area contributed by atoms with Crippen molar-refractivity contribution >= 4 is 28.7 Å². The predicted octanol–water partition coefficient (Wildman–Crippen LogP) is 2.18. The maximum atomic E-state index is 12.5. The summed E-state index contributed by atoms with van der Waals surface area (Å²) in [5.41, 5.74) is 2.49. The highest BCUT2D eigenvalue weighted by Crippen LogP contribution is 2.38. The van der Waals surface area contributed by atoms with Crippen LogP contribution < -0.4 is 25.4 Å². The number of ether oxygens (including phenoxy) is 2. The molecule has 28 heavy (non-hydrogen) atoms. The molecule has 3 N–H and O–H groups in total. The zero-order valence-corrected chi connectivity index (χ0v) is 15.4. The Hall–Kier alpha value is -3.49. The van der Waals surface area contributed by atoms with Crippen LogP contribution >= 0.6 is 0 Å². The van der Waals surface area contributed by atoms with Crippen molar-refractivity contribution in [2.45, 2.75) is 18.9 Å². The number of benzene rings is 1. The second-order valence-electron chi connectivity index (χ2n) is 6.77. The minimum Gasteiger partial charge on any atom is -0.486 e. The number of hydrogen-bond donors (Lipinski definition) is 3. The van der Waals surface area contributed by atoms with E-state index in [0.29, 0.717) is 41.9 Å². The van der Waals surface area contributed by atoms with Crippen LogP contribution in [0.1, 0.15) is 23.3 Å². The molecule has 9 heteroatoms. The molecule has 0 unspecified atom stereocenters. The van der Waals surface area contributed by atoms with Gasteiger partial charge in [-0.25, -0.2) is 9.50 Å². The van der Waals surface area contributed by atoms with E-state index in [1.807, 2.05) is 24.3 Å². The van der Waals surface area contributed by atoms with E-state index in [1.165, 1.54) is 0 Å². The first-order valence-electron chi connectivity index (χ1n) is 9.26. The van der Waals surface area contributed by atoms with Crippen LogP contribution in [0.5, 0.6) is 11.5 Å². The molecule has 5 rings (SSSR count). The summed E-state index contributed by atoms with van der Waals surface area (Å²) < 4.78 is 12.9. The Bertz CT molecular complexity index is 1060. The Kier molecular flexibility index (Phi) is 3.92. The lowest BCUT2D eigenvalue weighted by Crippen LogP contribution is -2.27. The maximum absolute atomic E-state index is 12.5. The third-order valence-corrected chi connectivity index (χ3v) is 4.71. The molecule has 1 amide bonds. The highest BCUT2D eigenvalue weighted by Gasteiger charge is 2.26. The van der Waals surface area contributed by atoms with Crippen molar-refractivity contribution in [2.75, 3.05) is 30.9 Å². The Labute approximate surface area is 161 Å². The van der Waals surface area contributed by atoms with E-state index in [4.69, 9.17) is 9.47 Å². The van der Waals surface area contributed by atoms with Crippen LogP contribution in [-0.4, -0.2) is 46.8 Å². The summed E-state index contributed by atoms with van der Waals surface area (Å²) in [6.45, 7) is 1.02. The lowest BCUT2D eigenvalue weighted by molar-refractivity contribution is 0.0944. The quantitative estimate of drug-likeness (QED) is 0.623. The lowest BCUT2D eigenvalue weighted by Gasteiger charge is -2.21. The van der Waals surface area contributed by atoms with Gasteiger partial charge in [-0.2, -0.15) is 0 Å². The van der Waals surface area contributed by atoms with E-state index in [-0.39, 0.29) is 11.9 Å². The predicted molar refractivity (Wildman–Crippen MR) is 104 cm³/mol. The van der Waals surface area contributed by atoms with Crippen molar-refractivity contribution in [1.29, 1.82) is 0 Å². The van der Waals surface area contributed by atoms with Crippen molar-refractivity contribution in [3.8, 4) is 11.5 Å². The summed E-state index contributed by atoms with van der Waals surface area (Å²) in [5, 5.41) is 13.9. The fraction of sp³-hybridized carbons (Fsp3) is 0.316. The number of hydrogen-bond acceptors (Lipinski definition) is 7. The van der Waals surface area contributed by atoms with Gasteiger partial charge in [0.2, 0.25) is 0 Å². The number of anilines is 3. The zero-order chi connectivity index (χ0) is 19.1. The van der Waals surface area contributed by atoms with Crippen LogP contribution in [-0.2, 0) is 0 Å². The number of imidazole rings is 1. The normalized spacial score (nSPS) is 15.3. The van der Waals surface area contributed by atoms with E-state index >= 15 is 0 Å². The number of rotatable bonds is 5. The fourth-order valence-electron chi connectivity index (χ4n) is 3.17. The van der Waals surface area contributed by atoms with Crippen LogP contribution in [0.2, 0.25) is 0 Å². The van der Waals surface area contributed by atoms with Gasteiger partial charge in [-0.1, -0.05) is 6.07 Å². The van der Waals surface area contributed by atoms with E-state index in [2.05, 4.69) is 26.0 Å². The van der Waals surface area contributed by atoms with Crippen molar-refractivity contribution in [3.63, 3.8) is 0 Å². The molecule has 1 aromatic carbocycles. The van der Waals surface area contributed by atoms with Gasteiger partial charge in [-0.15, -0.1) is 5.10 Å². The molecule has 1 aliphatic heterocycles. The van der Waals surface area contributed by atoms with Crippen molar-refractivity contribution in [3.05, 3.63) is 36.2 Å². The molecule has 3 heterocycles. The number of carbonyl (C=O) groups is 1. The number of nitrogens with zero attached hydrogens (tertiary/aromatic N) is 3. The number of para-hydroxylation sites is 1. The summed E-state index contributed by atoms with van der Waals surface area (Å²) in [6.07, 6.45) is 3.59. The molecule has 0 radical (unpaired) electrons. The van der Waals surface area contributed by atoms with Gasteiger partial charge in [0.25, 0.3) is 5.91 Å². The fourth-order valence-corrected chi connectivity index (χ4v) is 3.17. The highest BCUT2D eigenvalue weighted by molar-refractivity contribution is 5.94. The second kappa shape index (κ2) is 6.59. The summed E-state index contributed by atoms with van der Waals surface area (Å²) in [6, 6.07) is 7.75. The topological polar surface area (TPSA) is 102 Å². The average Bonchev–Trinajstić information content (AvgIpc) is 3.43. The van der Waals surface area contributed by atoms with Crippen LogP contribution in [0.4, 0.5) is 17.2 Å². The summed E-state index contributed by atoms with van der Waals surface area (Å²) in [7, 11) is 1.80. The monoisotopic (exact) mass is 380 g/mol. The largest absolute Gasteiger partial charge is 0.486 e. The molecular formula is C19H20N6O3. The number of fused-ring (bicyclic) bond motifs is 2. The molecule has 1 fully saturated rings. The zero-order valence-electron chi connectivity index (χ0n) is 15.4. The van der Waals surface area contributed by atoms with Crippen molar-refractivity contribution < 1.29 is 14.3 Å². The van der Waals surface area contributed by atoms with Crippen molar-refractivity contribution in [1.82, 2.24) is 19.9 Å². The number of carbonyl (C=O) groups excluding carboxylic acids is 1. The van der Waals surface area contributed by atoms with Gasteiger partial charge >= 0.3 is 0 Å². The maximum Gasteiger partial charge on any atom is 0.271 e. The highest BCUT2D eigenvalue weighted by atomic mass is 16.6. The van der Waals surface area contributed by atoms with E-state index < -0.39 is 0 Å². The lowest BCUT2D eigenvalue weighted by atomic mass is 10.2. The molecule has 3 aromatic rings. The van der Waals surface area contributed by atoms with Gasteiger partial charge in [-0.3, -0.25) is 4.79 Å². The molecule has 2 aromatic heterocycles. The molecule has 0 spiro atoms. The first-order chi connectivity index (χ1) is 13.7. The smallest absolute Gasteiger partial charge is 0.271 e. The molecular weight excluding hydrogens is 360 g/mol. The van der Waals surface area contributed by atoms with Gasteiger partial charge in [-0.05, 0) is 25.0 Å². The average molecular weight is 380 g/mol. The number of aromatic nitrogens is 3. The van der Waals surface area contributed by atoms with Crippen molar-refractivity contribution in [2.24, 2.45) is 0 Å². The molecule has 0 atom stereocenters. The first-order valence-corrected chi connectivity index (χ1v) is 9.26. The minimum atomic E-state index is -0.171. The minimum absolute atomic E-state index is 0.171. The van der Waals surface area contributed by atoms with Gasteiger partial charge in [0.05, 0.1) is 17.6 Å². The SMILES string of the molecule is CNc1cc(Nc2cccc3c2OCCO3)nn2c(C(=O)NC3CC3)cnc12. The Balaban J connectivity index is 1.53. The molecule has 1 aliphatic carbocycles. The van der Waals surface area contributed by atoms with Gasteiger partial charge in [0.15, 0.2) is 28.7 Å². The third kappa shape index (κ3) is 2.94.